The maximum atomic E-state index is 10.4. The van der Waals surface area contributed by atoms with E-state index in [4.69, 9.17) is 9.47 Å². The van der Waals surface area contributed by atoms with Crippen molar-refractivity contribution in [2.75, 3.05) is 13.2 Å². The molecule has 0 saturated carbocycles. The topological polar surface area (TPSA) is 38.7 Å². The maximum Gasteiger partial charge on any atom is 0.222 e. The summed E-state index contributed by atoms with van der Waals surface area (Å²) in [7, 11) is 0. The van der Waals surface area contributed by atoms with Crippen molar-refractivity contribution < 1.29 is 14.6 Å². The number of rotatable bonds is 3. The summed E-state index contributed by atoms with van der Waals surface area (Å²) in [5.41, 5.74) is 2.65. The Morgan fingerprint density at radius 1 is 0.870 bits per heavy atom. The lowest BCUT2D eigenvalue weighted by Crippen LogP contribution is -2.28. The average Bonchev–Trinajstić information content (AvgIpc) is 3.05. The fraction of sp³-hybridized carbons (Fsp3) is 0.400. The minimum absolute atomic E-state index is 0.195. The molecule has 1 saturated heterocycles. The molecular formula is C20H24O3. The summed E-state index contributed by atoms with van der Waals surface area (Å²) >= 11 is 0. The molecule has 1 fully saturated rings. The molecule has 3 rings (SSSR count). The first-order valence-electron chi connectivity index (χ1n) is 8.05. The van der Waals surface area contributed by atoms with Gasteiger partial charge in [-0.1, -0.05) is 75.4 Å². The Morgan fingerprint density at radius 3 is 1.91 bits per heavy atom. The zero-order valence-corrected chi connectivity index (χ0v) is 14.0. The van der Waals surface area contributed by atoms with Gasteiger partial charge in [0.2, 0.25) is 5.79 Å². The van der Waals surface area contributed by atoms with Gasteiger partial charge in [0.15, 0.2) is 0 Å². The molecule has 1 atom stereocenters. The zero-order chi connectivity index (χ0) is 16.5. The van der Waals surface area contributed by atoms with Crippen molar-refractivity contribution in [2.45, 2.75) is 32.7 Å². The van der Waals surface area contributed by atoms with Gasteiger partial charge in [0, 0.05) is 11.1 Å². The molecule has 0 amide bonds. The first-order valence-corrected chi connectivity index (χ1v) is 8.05. The Bertz CT molecular complexity index is 635. The van der Waals surface area contributed by atoms with Gasteiger partial charge in [-0.05, 0) is 11.0 Å². The van der Waals surface area contributed by atoms with Gasteiger partial charge in [-0.2, -0.15) is 0 Å². The Labute approximate surface area is 137 Å². The number of ether oxygens (including phenoxy) is 2. The highest BCUT2D eigenvalue weighted by Crippen LogP contribution is 2.39. The molecule has 1 unspecified atom stereocenters. The molecule has 3 nitrogen and oxygen atoms in total. The number of aliphatic hydroxyl groups excluding tert-OH is 1. The molecule has 1 heterocycles. The molecule has 1 aliphatic heterocycles. The van der Waals surface area contributed by atoms with Gasteiger partial charge in [-0.3, -0.25) is 0 Å². The second-order valence-electron chi connectivity index (χ2n) is 7.07. The summed E-state index contributed by atoms with van der Waals surface area (Å²) in [6.45, 7) is 7.23. The summed E-state index contributed by atoms with van der Waals surface area (Å²) in [5, 5.41) is 10.4. The maximum absolute atomic E-state index is 10.4. The van der Waals surface area contributed by atoms with E-state index in [1.54, 1.807) is 0 Å². The van der Waals surface area contributed by atoms with Crippen molar-refractivity contribution in [2.24, 2.45) is 5.41 Å². The lowest BCUT2D eigenvalue weighted by atomic mass is 9.84. The number of benzene rings is 2. The first kappa shape index (κ1) is 16.2. The van der Waals surface area contributed by atoms with E-state index in [1.807, 2.05) is 75.4 Å². The largest absolute Gasteiger partial charge is 0.388 e. The molecule has 1 aliphatic rings. The molecule has 23 heavy (non-hydrogen) atoms. The minimum Gasteiger partial charge on any atom is -0.388 e. The van der Waals surface area contributed by atoms with Crippen LogP contribution in [0, 0.1) is 5.41 Å². The lowest BCUT2D eigenvalue weighted by Gasteiger charge is -2.30. The summed E-state index contributed by atoms with van der Waals surface area (Å²) in [5.74, 6) is -0.841. The van der Waals surface area contributed by atoms with E-state index in [-0.39, 0.29) is 5.41 Å². The highest BCUT2D eigenvalue weighted by molar-refractivity contribution is 5.36. The number of aliphatic hydroxyl groups is 1. The van der Waals surface area contributed by atoms with E-state index in [2.05, 4.69) is 0 Å². The third-order valence-corrected chi connectivity index (χ3v) is 4.27. The Morgan fingerprint density at radius 2 is 1.39 bits per heavy atom. The van der Waals surface area contributed by atoms with Crippen molar-refractivity contribution in [1.29, 1.82) is 0 Å². The molecule has 2 aromatic rings. The van der Waals surface area contributed by atoms with Gasteiger partial charge in [0.25, 0.3) is 0 Å². The van der Waals surface area contributed by atoms with E-state index in [0.29, 0.717) is 13.2 Å². The third kappa shape index (κ3) is 3.05. The molecular weight excluding hydrogens is 288 g/mol. The van der Waals surface area contributed by atoms with Crippen LogP contribution in [0.5, 0.6) is 0 Å². The van der Waals surface area contributed by atoms with Gasteiger partial charge in [-0.25, -0.2) is 0 Å². The highest BCUT2D eigenvalue weighted by atomic mass is 16.7. The molecule has 1 N–H and O–H groups in total. The van der Waals surface area contributed by atoms with Crippen molar-refractivity contribution >= 4 is 0 Å². The summed E-state index contributed by atoms with van der Waals surface area (Å²) in [6.07, 6.45) is -0.505. The summed E-state index contributed by atoms with van der Waals surface area (Å²) in [4.78, 5) is 0. The Balaban J connectivity index is 1.96. The van der Waals surface area contributed by atoms with Crippen LogP contribution in [0.1, 0.15) is 43.6 Å². The molecule has 0 bridgehead atoms. The third-order valence-electron chi connectivity index (χ3n) is 4.27. The predicted molar refractivity (Wildman–Crippen MR) is 90.0 cm³/mol. The standard InChI is InChI=1S/C20H24O3/c1-19(2,3)18(21)15-9-11-17(12-10-15)20(22-13-14-23-20)16-7-5-4-6-8-16/h4-12,18,21H,13-14H2,1-3H3. The van der Waals surface area contributed by atoms with E-state index in [9.17, 15) is 5.11 Å². The fourth-order valence-corrected chi connectivity index (χ4v) is 2.95. The molecule has 0 aromatic heterocycles. The van der Waals surface area contributed by atoms with Crippen LogP contribution in [0.2, 0.25) is 0 Å². The van der Waals surface area contributed by atoms with Crippen LogP contribution < -0.4 is 0 Å². The smallest absolute Gasteiger partial charge is 0.222 e. The fourth-order valence-electron chi connectivity index (χ4n) is 2.95. The molecule has 0 aliphatic carbocycles. The summed E-state index contributed by atoms with van der Waals surface area (Å²) in [6, 6.07) is 17.9. The average molecular weight is 312 g/mol. The predicted octanol–water partition coefficient (Wildman–Crippen LogP) is 4.01. The SMILES string of the molecule is CC(C)(C)C(O)c1ccc(C2(c3ccccc3)OCCO2)cc1. The van der Waals surface area contributed by atoms with Crippen LogP contribution >= 0.6 is 0 Å². The monoisotopic (exact) mass is 312 g/mol. The van der Waals surface area contributed by atoms with Gasteiger partial charge in [-0.15, -0.1) is 0 Å². The lowest BCUT2D eigenvalue weighted by molar-refractivity contribution is -0.129. The highest BCUT2D eigenvalue weighted by Gasteiger charge is 2.40. The Kier molecular flexibility index (Phi) is 4.28. The molecule has 0 spiro atoms. The first-order chi connectivity index (χ1) is 10.9. The Hall–Kier alpha value is -1.68. The van der Waals surface area contributed by atoms with Crippen molar-refractivity contribution in [1.82, 2.24) is 0 Å². The van der Waals surface area contributed by atoms with Crippen LogP contribution in [-0.4, -0.2) is 18.3 Å². The van der Waals surface area contributed by atoms with E-state index >= 15 is 0 Å². The number of hydrogen-bond donors (Lipinski definition) is 1. The van der Waals surface area contributed by atoms with E-state index in [1.165, 1.54) is 0 Å². The van der Waals surface area contributed by atoms with Crippen molar-refractivity contribution in [3.05, 3.63) is 71.3 Å². The van der Waals surface area contributed by atoms with Gasteiger partial charge < -0.3 is 14.6 Å². The second kappa shape index (κ2) is 6.08. The molecule has 122 valence electrons. The molecule has 0 radical (unpaired) electrons. The van der Waals surface area contributed by atoms with Gasteiger partial charge in [0.1, 0.15) is 0 Å². The minimum atomic E-state index is -0.841. The van der Waals surface area contributed by atoms with Crippen molar-refractivity contribution in [3.63, 3.8) is 0 Å². The van der Waals surface area contributed by atoms with E-state index in [0.717, 1.165) is 16.7 Å². The van der Waals surface area contributed by atoms with Gasteiger partial charge in [0.05, 0.1) is 19.3 Å². The van der Waals surface area contributed by atoms with Crippen LogP contribution in [0.4, 0.5) is 0 Å². The number of hydrogen-bond acceptors (Lipinski definition) is 3. The van der Waals surface area contributed by atoms with Crippen LogP contribution in [0.15, 0.2) is 54.6 Å². The zero-order valence-electron chi connectivity index (χ0n) is 14.0. The molecule has 2 aromatic carbocycles. The van der Waals surface area contributed by atoms with Crippen LogP contribution in [-0.2, 0) is 15.3 Å². The second-order valence-corrected chi connectivity index (χ2v) is 7.07. The molecule has 3 heteroatoms. The van der Waals surface area contributed by atoms with Crippen LogP contribution in [0.25, 0.3) is 0 Å². The normalized spacial score (nSPS) is 18.8. The summed E-state index contributed by atoms with van der Waals surface area (Å²) < 4.78 is 12.0. The van der Waals surface area contributed by atoms with E-state index < -0.39 is 11.9 Å². The van der Waals surface area contributed by atoms with Crippen molar-refractivity contribution in [3.8, 4) is 0 Å². The quantitative estimate of drug-likeness (QED) is 0.930. The van der Waals surface area contributed by atoms with Crippen LogP contribution in [0.3, 0.4) is 0 Å². The van der Waals surface area contributed by atoms with Gasteiger partial charge >= 0.3 is 0 Å².